The molecule has 0 atom stereocenters. The number of allylic oxidation sites excluding steroid dienone is 2. The van der Waals surface area contributed by atoms with Crippen LogP contribution in [-0.4, -0.2) is 22.0 Å². The van der Waals surface area contributed by atoms with E-state index in [1.165, 1.54) is 43.4 Å². The van der Waals surface area contributed by atoms with E-state index in [1.807, 2.05) is 0 Å². The molecule has 0 spiro atoms. The second-order valence-corrected chi connectivity index (χ2v) is 7.04. The molecule has 1 amide bonds. The van der Waals surface area contributed by atoms with Crippen molar-refractivity contribution in [2.75, 3.05) is 5.32 Å². The second-order valence-electron chi connectivity index (χ2n) is 6.18. The largest absolute Gasteiger partial charge is 0.481 e. The number of carbonyl (C=O) groups excluding carboxylic acids is 1. The zero-order valence-corrected chi connectivity index (χ0v) is 15.9. The molecular formula is C19H30N2O3S. The van der Waals surface area contributed by atoms with Crippen molar-refractivity contribution in [1.82, 2.24) is 4.98 Å². The van der Waals surface area contributed by atoms with E-state index in [9.17, 15) is 9.59 Å². The monoisotopic (exact) mass is 366 g/mol. The summed E-state index contributed by atoms with van der Waals surface area (Å²) in [4.78, 5) is 26.5. The summed E-state index contributed by atoms with van der Waals surface area (Å²) in [6, 6.07) is 0. The van der Waals surface area contributed by atoms with Crippen molar-refractivity contribution in [2.24, 2.45) is 0 Å². The highest BCUT2D eigenvalue weighted by molar-refractivity contribution is 7.13. The van der Waals surface area contributed by atoms with Crippen molar-refractivity contribution < 1.29 is 14.7 Å². The van der Waals surface area contributed by atoms with Gasteiger partial charge in [-0.1, -0.05) is 51.2 Å². The summed E-state index contributed by atoms with van der Waals surface area (Å²) in [5, 5.41) is 13.6. The molecule has 0 aliphatic rings. The number of amides is 1. The summed E-state index contributed by atoms with van der Waals surface area (Å²) >= 11 is 1.27. The number of nitrogens with zero attached hydrogens (tertiary/aromatic N) is 1. The number of anilines is 1. The lowest BCUT2D eigenvalue weighted by molar-refractivity contribution is -0.136. The molecule has 0 aliphatic heterocycles. The van der Waals surface area contributed by atoms with Gasteiger partial charge in [0.05, 0.1) is 12.1 Å². The van der Waals surface area contributed by atoms with Gasteiger partial charge < -0.3 is 10.4 Å². The minimum atomic E-state index is -0.917. The molecule has 1 aromatic rings. The smallest absolute Gasteiger partial charge is 0.309 e. The maximum Gasteiger partial charge on any atom is 0.309 e. The topological polar surface area (TPSA) is 79.3 Å². The Morgan fingerprint density at radius 1 is 1.12 bits per heavy atom. The fourth-order valence-electron chi connectivity index (χ4n) is 2.42. The Hall–Kier alpha value is -1.69. The predicted molar refractivity (Wildman–Crippen MR) is 103 cm³/mol. The van der Waals surface area contributed by atoms with Crippen LogP contribution < -0.4 is 5.32 Å². The lowest BCUT2D eigenvalue weighted by atomic mass is 10.1. The molecule has 25 heavy (non-hydrogen) atoms. The Morgan fingerprint density at radius 3 is 2.52 bits per heavy atom. The van der Waals surface area contributed by atoms with Crippen LogP contribution in [0.1, 0.15) is 76.8 Å². The summed E-state index contributed by atoms with van der Waals surface area (Å²) in [6.07, 6.45) is 15.4. The first-order valence-corrected chi connectivity index (χ1v) is 10.1. The molecule has 5 nitrogen and oxygen atoms in total. The average Bonchev–Trinajstić information content (AvgIpc) is 2.98. The van der Waals surface area contributed by atoms with Crippen molar-refractivity contribution in [2.45, 2.75) is 77.6 Å². The average molecular weight is 367 g/mol. The van der Waals surface area contributed by atoms with Crippen LogP contribution in [0.2, 0.25) is 0 Å². The van der Waals surface area contributed by atoms with Gasteiger partial charge >= 0.3 is 5.97 Å². The van der Waals surface area contributed by atoms with E-state index in [-0.39, 0.29) is 12.3 Å². The van der Waals surface area contributed by atoms with Gasteiger partial charge in [0.2, 0.25) is 5.91 Å². The zero-order chi connectivity index (χ0) is 18.3. The van der Waals surface area contributed by atoms with Crippen molar-refractivity contribution in [3.05, 3.63) is 23.2 Å². The Morgan fingerprint density at radius 2 is 1.80 bits per heavy atom. The van der Waals surface area contributed by atoms with Crippen LogP contribution in [0.5, 0.6) is 0 Å². The molecule has 2 N–H and O–H groups in total. The SMILES string of the molecule is CCCC/C=C\CCCCCCCC(=O)Nc1nc(CC(=O)O)cs1. The number of carboxylic acid groups (broad SMARTS) is 1. The number of unbranched alkanes of at least 4 members (excludes halogenated alkanes) is 7. The van der Waals surface area contributed by atoms with Gasteiger partial charge in [-0.25, -0.2) is 4.98 Å². The number of carbonyl (C=O) groups is 2. The summed E-state index contributed by atoms with van der Waals surface area (Å²) in [5.41, 5.74) is 0.483. The van der Waals surface area contributed by atoms with Gasteiger partial charge in [-0.3, -0.25) is 9.59 Å². The normalized spacial score (nSPS) is 11.1. The van der Waals surface area contributed by atoms with Crippen LogP contribution in [0.3, 0.4) is 0 Å². The lowest BCUT2D eigenvalue weighted by Crippen LogP contribution is -2.11. The van der Waals surface area contributed by atoms with Crippen LogP contribution in [0.15, 0.2) is 17.5 Å². The Kier molecular flexibility index (Phi) is 11.6. The Bertz CT molecular complexity index is 541. The first-order chi connectivity index (χ1) is 12.1. The maximum absolute atomic E-state index is 11.8. The zero-order valence-electron chi connectivity index (χ0n) is 15.1. The van der Waals surface area contributed by atoms with Crippen LogP contribution in [0.25, 0.3) is 0 Å². The summed E-state index contributed by atoms with van der Waals surface area (Å²) in [7, 11) is 0. The third kappa shape index (κ3) is 11.5. The highest BCUT2D eigenvalue weighted by Gasteiger charge is 2.08. The highest BCUT2D eigenvalue weighted by Crippen LogP contribution is 2.16. The van der Waals surface area contributed by atoms with Crippen molar-refractivity contribution in [1.29, 1.82) is 0 Å². The van der Waals surface area contributed by atoms with Gasteiger partial charge in [-0.15, -0.1) is 11.3 Å². The van der Waals surface area contributed by atoms with Crippen molar-refractivity contribution in [3.8, 4) is 0 Å². The van der Waals surface area contributed by atoms with Gasteiger partial charge in [0.15, 0.2) is 5.13 Å². The molecule has 0 aliphatic carbocycles. The Labute approximate surface area is 154 Å². The van der Waals surface area contributed by atoms with Crippen LogP contribution in [0, 0.1) is 0 Å². The lowest BCUT2D eigenvalue weighted by Gasteiger charge is -2.02. The number of aliphatic carboxylic acids is 1. The van der Waals surface area contributed by atoms with E-state index < -0.39 is 5.97 Å². The quantitative estimate of drug-likeness (QED) is 0.351. The van der Waals surface area contributed by atoms with Crippen LogP contribution in [0.4, 0.5) is 5.13 Å². The van der Waals surface area contributed by atoms with Crippen molar-refractivity contribution >= 4 is 28.3 Å². The molecule has 0 bridgehead atoms. The molecular weight excluding hydrogens is 336 g/mol. The molecule has 6 heteroatoms. The summed E-state index contributed by atoms with van der Waals surface area (Å²) in [5.74, 6) is -0.963. The number of aromatic nitrogens is 1. The van der Waals surface area contributed by atoms with Crippen molar-refractivity contribution in [3.63, 3.8) is 0 Å². The fourth-order valence-corrected chi connectivity index (χ4v) is 3.14. The van der Waals surface area contributed by atoms with Gasteiger partial charge in [0, 0.05) is 11.8 Å². The van der Waals surface area contributed by atoms with E-state index in [2.05, 4.69) is 29.4 Å². The van der Waals surface area contributed by atoms with E-state index >= 15 is 0 Å². The van der Waals surface area contributed by atoms with E-state index in [0.717, 1.165) is 25.7 Å². The molecule has 0 fully saturated rings. The number of hydrogen-bond acceptors (Lipinski definition) is 4. The van der Waals surface area contributed by atoms with Gasteiger partial charge in [0.1, 0.15) is 0 Å². The maximum atomic E-state index is 11.8. The third-order valence-corrected chi connectivity index (χ3v) is 4.60. The molecule has 0 saturated carbocycles. The highest BCUT2D eigenvalue weighted by atomic mass is 32.1. The number of nitrogens with one attached hydrogen (secondary N) is 1. The van der Waals surface area contributed by atoms with Gasteiger partial charge in [-0.05, 0) is 25.7 Å². The van der Waals surface area contributed by atoms with Gasteiger partial charge in [0.25, 0.3) is 0 Å². The molecule has 0 aromatic carbocycles. The predicted octanol–water partition coefficient (Wildman–Crippen LogP) is 5.19. The van der Waals surface area contributed by atoms with Gasteiger partial charge in [-0.2, -0.15) is 0 Å². The van der Waals surface area contributed by atoms with E-state index in [1.54, 1.807) is 5.38 Å². The standard InChI is InChI=1S/C19H30N2O3S/c1-2-3-4-5-6-7-8-9-10-11-12-13-17(22)21-19-20-16(15-25-19)14-18(23)24/h5-6,15H,2-4,7-14H2,1H3,(H,23,24)(H,20,21,22)/b6-5-. The molecule has 140 valence electrons. The first kappa shape index (κ1) is 21.4. The third-order valence-electron chi connectivity index (χ3n) is 3.80. The van der Waals surface area contributed by atoms with E-state index in [0.29, 0.717) is 17.2 Å². The number of rotatable bonds is 14. The number of thiazole rings is 1. The van der Waals surface area contributed by atoms with Crippen LogP contribution >= 0.6 is 11.3 Å². The summed E-state index contributed by atoms with van der Waals surface area (Å²) < 4.78 is 0. The molecule has 1 rings (SSSR count). The molecule has 1 aromatic heterocycles. The number of carboxylic acids is 1. The minimum absolute atomic E-state index is 0.0462. The molecule has 0 saturated heterocycles. The summed E-state index contributed by atoms with van der Waals surface area (Å²) in [6.45, 7) is 2.21. The van der Waals surface area contributed by atoms with E-state index in [4.69, 9.17) is 5.11 Å². The first-order valence-electron chi connectivity index (χ1n) is 9.23. The molecule has 1 heterocycles. The molecule has 0 radical (unpaired) electrons. The number of hydrogen-bond donors (Lipinski definition) is 2. The fraction of sp³-hybridized carbons (Fsp3) is 0.632. The van der Waals surface area contributed by atoms with Crippen LogP contribution in [-0.2, 0) is 16.0 Å². The Balaban J connectivity index is 2.01. The molecule has 0 unspecified atom stereocenters. The minimum Gasteiger partial charge on any atom is -0.481 e. The second kappa shape index (κ2) is 13.6.